The molecule has 4 aromatic rings. The van der Waals surface area contributed by atoms with E-state index < -0.39 is 0 Å². The van der Waals surface area contributed by atoms with Gasteiger partial charge in [0.15, 0.2) is 46.0 Å². The summed E-state index contributed by atoms with van der Waals surface area (Å²) in [4.78, 5) is 4.65. The highest BCUT2D eigenvalue weighted by atomic mass is 16.5. The van der Waals surface area contributed by atoms with Crippen LogP contribution in [0.5, 0.6) is 46.0 Å². The van der Waals surface area contributed by atoms with E-state index in [1.54, 1.807) is 56.9 Å². The number of hydrogen-bond donors (Lipinski definition) is 0. The number of benzene rings is 4. The molecule has 0 aromatic heterocycles. The first-order valence-electron chi connectivity index (χ1n) is 17.4. The van der Waals surface area contributed by atoms with Crippen LogP contribution in [0.1, 0.15) is 22.3 Å². The molecule has 10 heteroatoms. The van der Waals surface area contributed by atoms with Gasteiger partial charge in [0.2, 0.25) is 0 Å². The molecule has 4 rings (SSSR count). The molecular formula is C42H58N2O8. The van der Waals surface area contributed by atoms with Gasteiger partial charge in [-0.1, -0.05) is 24.3 Å². The number of ether oxygens (including phenoxy) is 8. The lowest BCUT2D eigenvalue weighted by molar-refractivity contribution is 0.339. The van der Waals surface area contributed by atoms with Gasteiger partial charge in [-0.15, -0.1) is 0 Å². The Kier molecular flexibility index (Phi) is 17.8. The zero-order valence-corrected chi connectivity index (χ0v) is 32.7. The quantitative estimate of drug-likeness (QED) is 0.0966. The largest absolute Gasteiger partial charge is 0.493 e. The van der Waals surface area contributed by atoms with Crippen molar-refractivity contribution in [1.29, 1.82) is 0 Å². The SMILES string of the molecule is COc1ccc(CCN(C)CCc2ccc(OC)c(OC)c2)cc1OC.COc1ccc(CCN(C)CCc2ccc(OC)c(OC)c2)cc1OC. The highest BCUT2D eigenvalue weighted by Gasteiger charge is 2.10. The minimum absolute atomic E-state index is 0.762. The molecule has 10 nitrogen and oxygen atoms in total. The monoisotopic (exact) mass is 718 g/mol. The van der Waals surface area contributed by atoms with Crippen LogP contribution in [0.2, 0.25) is 0 Å². The predicted molar refractivity (Wildman–Crippen MR) is 208 cm³/mol. The van der Waals surface area contributed by atoms with Gasteiger partial charge in [0, 0.05) is 26.2 Å². The van der Waals surface area contributed by atoms with E-state index in [1.807, 2.05) is 48.5 Å². The van der Waals surface area contributed by atoms with E-state index in [-0.39, 0.29) is 0 Å². The third kappa shape index (κ3) is 12.8. The highest BCUT2D eigenvalue weighted by Crippen LogP contribution is 2.30. The van der Waals surface area contributed by atoms with E-state index in [4.69, 9.17) is 37.9 Å². The van der Waals surface area contributed by atoms with Crippen molar-refractivity contribution in [3.63, 3.8) is 0 Å². The summed E-state index contributed by atoms with van der Waals surface area (Å²) < 4.78 is 42.6. The van der Waals surface area contributed by atoms with Gasteiger partial charge in [-0.05, 0) is 111 Å². The molecule has 0 aliphatic heterocycles. The van der Waals surface area contributed by atoms with Crippen LogP contribution in [0.3, 0.4) is 0 Å². The van der Waals surface area contributed by atoms with Crippen molar-refractivity contribution in [3.05, 3.63) is 95.1 Å². The number of likely N-dealkylation sites (N-methyl/N-ethyl adjacent to an activating group) is 2. The summed E-state index contributed by atoms with van der Waals surface area (Å²) in [6, 6.07) is 24.3. The molecule has 0 fully saturated rings. The molecule has 0 heterocycles. The highest BCUT2D eigenvalue weighted by molar-refractivity contribution is 5.45. The Hall–Kier alpha value is -4.80. The molecule has 284 valence electrons. The summed E-state index contributed by atoms with van der Waals surface area (Å²) in [5.41, 5.74) is 4.95. The first kappa shape index (κ1) is 41.6. The maximum atomic E-state index is 5.37. The van der Waals surface area contributed by atoms with Crippen LogP contribution in [-0.2, 0) is 25.7 Å². The summed E-state index contributed by atoms with van der Waals surface area (Å²) in [7, 11) is 17.5. The summed E-state index contributed by atoms with van der Waals surface area (Å²) in [5, 5.41) is 0. The topological polar surface area (TPSA) is 80.3 Å². The van der Waals surface area contributed by atoms with E-state index in [0.29, 0.717) is 0 Å². The lowest BCUT2D eigenvalue weighted by atomic mass is 10.1. The summed E-state index contributed by atoms with van der Waals surface area (Å²) in [6.07, 6.45) is 3.84. The van der Waals surface area contributed by atoms with Gasteiger partial charge < -0.3 is 47.7 Å². The van der Waals surface area contributed by atoms with Gasteiger partial charge in [0.05, 0.1) is 56.9 Å². The minimum atomic E-state index is 0.762. The molecule has 4 aromatic carbocycles. The van der Waals surface area contributed by atoms with Gasteiger partial charge in [0.1, 0.15) is 0 Å². The second-order valence-corrected chi connectivity index (χ2v) is 12.4. The third-order valence-corrected chi connectivity index (χ3v) is 8.92. The molecule has 52 heavy (non-hydrogen) atoms. The number of hydrogen-bond acceptors (Lipinski definition) is 10. The van der Waals surface area contributed by atoms with E-state index >= 15 is 0 Å². The average Bonchev–Trinajstić information content (AvgIpc) is 3.19. The Bertz CT molecular complexity index is 1410. The molecule has 0 atom stereocenters. The van der Waals surface area contributed by atoms with Crippen LogP contribution in [0, 0.1) is 0 Å². The second kappa shape index (κ2) is 22.2. The molecule has 0 amide bonds. The molecule has 0 aliphatic rings. The second-order valence-electron chi connectivity index (χ2n) is 12.4. The molecule has 0 spiro atoms. The van der Waals surface area contributed by atoms with Gasteiger partial charge in [-0.2, -0.15) is 0 Å². The fourth-order valence-electron chi connectivity index (χ4n) is 5.65. The normalized spacial score (nSPS) is 10.7. The minimum Gasteiger partial charge on any atom is -0.493 e. The van der Waals surface area contributed by atoms with Crippen molar-refractivity contribution in [3.8, 4) is 46.0 Å². The first-order chi connectivity index (χ1) is 25.2. The fraction of sp³-hybridized carbons (Fsp3) is 0.429. The Morgan fingerprint density at radius 1 is 0.308 bits per heavy atom. The number of rotatable bonds is 20. The lowest BCUT2D eigenvalue weighted by Gasteiger charge is -2.17. The van der Waals surface area contributed by atoms with E-state index in [2.05, 4.69) is 48.2 Å². The third-order valence-electron chi connectivity index (χ3n) is 8.92. The van der Waals surface area contributed by atoms with Crippen molar-refractivity contribution >= 4 is 0 Å². The zero-order valence-electron chi connectivity index (χ0n) is 32.7. The van der Waals surface area contributed by atoms with Crippen molar-refractivity contribution in [2.24, 2.45) is 0 Å². The molecule has 0 bridgehead atoms. The van der Waals surface area contributed by atoms with Crippen LogP contribution in [0.4, 0.5) is 0 Å². The smallest absolute Gasteiger partial charge is 0.160 e. The van der Waals surface area contributed by atoms with Crippen molar-refractivity contribution in [2.45, 2.75) is 25.7 Å². The van der Waals surface area contributed by atoms with Crippen LogP contribution in [-0.4, -0.2) is 107 Å². The lowest BCUT2D eigenvalue weighted by Crippen LogP contribution is -2.23. The Labute approximate surface area is 311 Å². The Morgan fingerprint density at radius 2 is 0.500 bits per heavy atom. The Morgan fingerprint density at radius 3 is 0.673 bits per heavy atom. The molecular weight excluding hydrogens is 660 g/mol. The molecule has 0 saturated heterocycles. The van der Waals surface area contributed by atoms with Gasteiger partial charge in [0.25, 0.3) is 0 Å². The molecule has 0 unspecified atom stereocenters. The van der Waals surface area contributed by atoms with Crippen molar-refractivity contribution < 1.29 is 37.9 Å². The van der Waals surface area contributed by atoms with Gasteiger partial charge in [-0.25, -0.2) is 0 Å². The zero-order chi connectivity index (χ0) is 37.9. The Balaban J connectivity index is 0.000000280. The van der Waals surface area contributed by atoms with Gasteiger partial charge >= 0.3 is 0 Å². The van der Waals surface area contributed by atoms with Crippen LogP contribution < -0.4 is 37.9 Å². The number of methoxy groups -OCH3 is 8. The van der Waals surface area contributed by atoms with E-state index in [1.165, 1.54) is 22.3 Å². The standard InChI is InChI=1S/2C21H29NO4/c2*1-22(12-10-16-6-8-18(23-2)20(14-16)25-4)13-11-17-7-9-19(24-3)21(15-17)26-5/h2*6-9,14-15H,10-13H2,1-5H3. The molecule has 0 N–H and O–H groups in total. The van der Waals surface area contributed by atoms with Gasteiger partial charge in [-0.3, -0.25) is 0 Å². The summed E-state index contributed by atoms with van der Waals surface area (Å²) in [6.45, 7) is 3.90. The average molecular weight is 719 g/mol. The molecule has 0 radical (unpaired) electrons. The maximum Gasteiger partial charge on any atom is 0.160 e. The van der Waals surface area contributed by atoms with E-state index in [9.17, 15) is 0 Å². The van der Waals surface area contributed by atoms with Crippen LogP contribution >= 0.6 is 0 Å². The van der Waals surface area contributed by atoms with Crippen LogP contribution in [0.15, 0.2) is 72.8 Å². The molecule has 0 saturated carbocycles. The fourth-order valence-corrected chi connectivity index (χ4v) is 5.65. The van der Waals surface area contributed by atoms with E-state index in [0.717, 1.165) is 97.9 Å². The molecule has 0 aliphatic carbocycles. The predicted octanol–water partition coefficient (Wildman–Crippen LogP) is 6.88. The summed E-state index contributed by atoms with van der Waals surface area (Å²) in [5.74, 6) is 6.15. The van der Waals surface area contributed by atoms with Crippen molar-refractivity contribution in [2.75, 3.05) is 97.2 Å². The van der Waals surface area contributed by atoms with Crippen molar-refractivity contribution in [1.82, 2.24) is 9.80 Å². The summed E-state index contributed by atoms with van der Waals surface area (Å²) >= 11 is 0. The number of nitrogens with zero attached hydrogens (tertiary/aromatic N) is 2. The first-order valence-corrected chi connectivity index (χ1v) is 17.4. The van der Waals surface area contributed by atoms with Crippen LogP contribution in [0.25, 0.3) is 0 Å². The maximum absolute atomic E-state index is 5.37.